The lowest BCUT2D eigenvalue weighted by Gasteiger charge is -2.10. The molecule has 0 saturated heterocycles. The van der Waals surface area contributed by atoms with Crippen LogP contribution >= 0.6 is 0 Å². The van der Waals surface area contributed by atoms with Crippen molar-refractivity contribution >= 4 is 11.5 Å². The minimum Gasteiger partial charge on any atom is -0.497 e. The van der Waals surface area contributed by atoms with Crippen molar-refractivity contribution in [3.63, 3.8) is 0 Å². The number of methoxy groups -OCH3 is 2. The van der Waals surface area contributed by atoms with Crippen LogP contribution in [0.3, 0.4) is 0 Å². The highest BCUT2D eigenvalue weighted by Gasteiger charge is 2.13. The van der Waals surface area contributed by atoms with Gasteiger partial charge in [0.05, 0.1) is 14.2 Å². The Morgan fingerprint density at radius 1 is 1.00 bits per heavy atom. The SMILES string of the molecule is COC(=O)/C=C(\C)c1ccc(F)c(-c2ccc(OC)cc2F)c1. The molecule has 23 heavy (non-hydrogen) atoms. The molecule has 2 aromatic carbocycles. The van der Waals surface area contributed by atoms with E-state index in [0.29, 0.717) is 16.9 Å². The Bertz CT molecular complexity index is 767. The normalized spacial score (nSPS) is 11.3. The maximum atomic E-state index is 14.2. The van der Waals surface area contributed by atoms with Gasteiger partial charge < -0.3 is 9.47 Å². The van der Waals surface area contributed by atoms with E-state index in [0.717, 1.165) is 0 Å². The lowest BCUT2D eigenvalue weighted by atomic mass is 9.98. The van der Waals surface area contributed by atoms with Crippen molar-refractivity contribution in [3.8, 4) is 16.9 Å². The number of allylic oxidation sites excluding steroid dienone is 1. The number of benzene rings is 2. The van der Waals surface area contributed by atoms with E-state index >= 15 is 0 Å². The number of hydrogen-bond acceptors (Lipinski definition) is 3. The van der Waals surface area contributed by atoms with Gasteiger partial charge in [-0.05, 0) is 42.3 Å². The number of hydrogen-bond donors (Lipinski definition) is 0. The van der Waals surface area contributed by atoms with Gasteiger partial charge in [0.2, 0.25) is 0 Å². The van der Waals surface area contributed by atoms with Crippen LogP contribution in [0.4, 0.5) is 8.78 Å². The fraction of sp³-hybridized carbons (Fsp3) is 0.167. The van der Waals surface area contributed by atoms with Gasteiger partial charge in [-0.1, -0.05) is 6.07 Å². The third-order valence-corrected chi connectivity index (χ3v) is 3.42. The van der Waals surface area contributed by atoms with Crippen LogP contribution in [0.25, 0.3) is 16.7 Å². The monoisotopic (exact) mass is 318 g/mol. The summed E-state index contributed by atoms with van der Waals surface area (Å²) in [5, 5.41) is 0. The Morgan fingerprint density at radius 2 is 1.74 bits per heavy atom. The molecule has 0 unspecified atom stereocenters. The van der Waals surface area contributed by atoms with Gasteiger partial charge >= 0.3 is 5.97 Å². The Kier molecular flexibility index (Phi) is 5.11. The minimum absolute atomic E-state index is 0.111. The Hall–Kier alpha value is -2.69. The van der Waals surface area contributed by atoms with Gasteiger partial charge in [-0.2, -0.15) is 0 Å². The first-order valence-corrected chi connectivity index (χ1v) is 6.86. The minimum atomic E-state index is -0.588. The zero-order chi connectivity index (χ0) is 17.0. The number of halogens is 2. The first-order valence-electron chi connectivity index (χ1n) is 6.86. The highest BCUT2D eigenvalue weighted by atomic mass is 19.1. The first kappa shape index (κ1) is 16.7. The summed E-state index contributed by atoms with van der Waals surface area (Å²) in [4.78, 5) is 11.3. The summed E-state index contributed by atoms with van der Waals surface area (Å²) in [7, 11) is 2.70. The van der Waals surface area contributed by atoms with Crippen LogP contribution in [0.5, 0.6) is 5.75 Å². The van der Waals surface area contributed by atoms with E-state index in [-0.39, 0.29) is 11.1 Å². The van der Waals surface area contributed by atoms with Crippen molar-refractivity contribution < 1.29 is 23.0 Å². The summed E-state index contributed by atoms with van der Waals surface area (Å²) in [5.41, 5.74) is 1.42. The highest BCUT2D eigenvalue weighted by Crippen LogP contribution is 2.30. The second-order valence-electron chi connectivity index (χ2n) is 4.89. The third-order valence-electron chi connectivity index (χ3n) is 3.42. The van der Waals surface area contributed by atoms with Crippen LogP contribution in [0.2, 0.25) is 0 Å². The molecular formula is C18H16F2O3. The molecular weight excluding hydrogens is 302 g/mol. The number of rotatable bonds is 4. The van der Waals surface area contributed by atoms with Crippen LogP contribution in [0.15, 0.2) is 42.5 Å². The second kappa shape index (κ2) is 7.05. The van der Waals surface area contributed by atoms with Gasteiger partial charge in [-0.3, -0.25) is 0 Å². The predicted octanol–water partition coefficient (Wildman–Crippen LogP) is 4.22. The summed E-state index contributed by atoms with van der Waals surface area (Å²) in [5.74, 6) is -1.30. The molecule has 5 heteroatoms. The van der Waals surface area contributed by atoms with Crippen LogP contribution < -0.4 is 4.74 Å². The number of ether oxygens (including phenoxy) is 2. The maximum Gasteiger partial charge on any atom is 0.330 e. The molecule has 2 aromatic rings. The average molecular weight is 318 g/mol. The van der Waals surface area contributed by atoms with E-state index in [9.17, 15) is 13.6 Å². The van der Waals surface area contributed by atoms with E-state index in [2.05, 4.69) is 4.74 Å². The summed E-state index contributed by atoms with van der Waals surface area (Å²) in [6.45, 7) is 1.69. The van der Waals surface area contributed by atoms with Gasteiger partial charge in [0, 0.05) is 23.3 Å². The standard InChI is InChI=1S/C18H16F2O3/c1-11(8-18(21)23-3)12-4-7-16(19)15(9-12)14-6-5-13(22-2)10-17(14)20/h4-10H,1-3H3/b11-8+. The number of carbonyl (C=O) groups excluding carboxylic acids is 1. The van der Waals surface area contributed by atoms with Gasteiger partial charge in [0.1, 0.15) is 17.4 Å². The van der Waals surface area contributed by atoms with E-state index in [1.54, 1.807) is 13.0 Å². The molecule has 0 fully saturated rings. The topological polar surface area (TPSA) is 35.5 Å². The number of carbonyl (C=O) groups is 1. The van der Waals surface area contributed by atoms with Crippen LogP contribution in [0.1, 0.15) is 12.5 Å². The smallest absolute Gasteiger partial charge is 0.330 e. The zero-order valence-corrected chi connectivity index (χ0v) is 13.0. The maximum absolute atomic E-state index is 14.2. The molecule has 0 N–H and O–H groups in total. The van der Waals surface area contributed by atoms with Crippen molar-refractivity contribution in [2.75, 3.05) is 14.2 Å². The first-order chi connectivity index (χ1) is 11.0. The van der Waals surface area contributed by atoms with Gasteiger partial charge in [0.15, 0.2) is 0 Å². The Labute approximate surface area is 133 Å². The van der Waals surface area contributed by atoms with E-state index in [4.69, 9.17) is 4.74 Å². The van der Waals surface area contributed by atoms with Crippen molar-refractivity contribution in [3.05, 3.63) is 59.7 Å². The van der Waals surface area contributed by atoms with E-state index in [1.807, 2.05) is 0 Å². The molecule has 0 aliphatic heterocycles. The molecule has 0 heterocycles. The van der Waals surface area contributed by atoms with Crippen molar-refractivity contribution in [2.45, 2.75) is 6.92 Å². The molecule has 3 nitrogen and oxygen atoms in total. The molecule has 120 valence electrons. The van der Waals surface area contributed by atoms with E-state index in [1.165, 1.54) is 50.6 Å². The summed E-state index contributed by atoms with van der Waals surface area (Å²) in [6, 6.07) is 8.46. The Morgan fingerprint density at radius 3 is 2.35 bits per heavy atom. The van der Waals surface area contributed by atoms with Gasteiger partial charge in [-0.25, -0.2) is 13.6 Å². The highest BCUT2D eigenvalue weighted by molar-refractivity contribution is 5.91. The third kappa shape index (κ3) is 3.74. The Balaban J connectivity index is 2.50. The summed E-state index contributed by atoms with van der Waals surface area (Å²) in [6.07, 6.45) is 1.29. The zero-order valence-electron chi connectivity index (χ0n) is 13.0. The van der Waals surface area contributed by atoms with Gasteiger partial charge in [0.25, 0.3) is 0 Å². The second-order valence-corrected chi connectivity index (χ2v) is 4.89. The molecule has 2 rings (SSSR count). The molecule has 0 aromatic heterocycles. The fourth-order valence-corrected chi connectivity index (χ4v) is 2.14. The van der Waals surface area contributed by atoms with Crippen LogP contribution in [-0.2, 0) is 9.53 Å². The molecule has 0 bridgehead atoms. The molecule has 0 radical (unpaired) electrons. The van der Waals surface area contributed by atoms with Crippen LogP contribution in [-0.4, -0.2) is 20.2 Å². The predicted molar refractivity (Wildman–Crippen MR) is 84.0 cm³/mol. The molecule has 0 spiro atoms. The molecule has 0 aliphatic rings. The lowest BCUT2D eigenvalue weighted by Crippen LogP contribution is -1.97. The number of esters is 1. The van der Waals surface area contributed by atoms with Gasteiger partial charge in [-0.15, -0.1) is 0 Å². The summed E-state index contributed by atoms with van der Waals surface area (Å²) >= 11 is 0. The largest absolute Gasteiger partial charge is 0.497 e. The van der Waals surface area contributed by atoms with Crippen molar-refractivity contribution in [2.24, 2.45) is 0 Å². The molecule has 0 aliphatic carbocycles. The fourth-order valence-electron chi connectivity index (χ4n) is 2.14. The molecule has 0 saturated carbocycles. The molecule has 0 amide bonds. The lowest BCUT2D eigenvalue weighted by molar-refractivity contribution is -0.134. The van der Waals surface area contributed by atoms with Crippen LogP contribution in [0, 0.1) is 11.6 Å². The van der Waals surface area contributed by atoms with Crippen molar-refractivity contribution in [1.29, 1.82) is 0 Å². The summed E-state index contributed by atoms with van der Waals surface area (Å²) < 4.78 is 37.8. The average Bonchev–Trinajstić information content (AvgIpc) is 2.55. The van der Waals surface area contributed by atoms with E-state index < -0.39 is 17.6 Å². The quantitative estimate of drug-likeness (QED) is 0.625. The molecule has 0 atom stereocenters. The van der Waals surface area contributed by atoms with Crippen molar-refractivity contribution in [1.82, 2.24) is 0 Å².